The molecule has 78 valence electrons. The normalized spacial score (nSPS) is 37.4. The first-order valence-corrected chi connectivity index (χ1v) is 5.74. The van der Waals surface area contributed by atoms with Crippen molar-refractivity contribution in [2.45, 2.75) is 12.3 Å². The molecule has 2 aliphatic rings. The molecule has 0 amide bonds. The highest BCUT2D eigenvalue weighted by molar-refractivity contribution is 5.29. The number of benzene rings is 1. The lowest BCUT2D eigenvalue weighted by Gasteiger charge is -2.26. The number of rotatable bonds is 2. The van der Waals surface area contributed by atoms with Crippen molar-refractivity contribution < 1.29 is 5.11 Å². The minimum atomic E-state index is 0.324. The maximum Gasteiger partial charge on any atom is 0.0470 e. The Morgan fingerprint density at radius 2 is 1.80 bits per heavy atom. The van der Waals surface area contributed by atoms with Crippen LogP contribution >= 0.6 is 0 Å². The third kappa shape index (κ3) is 1.34. The molecule has 2 bridgehead atoms. The second-order valence-electron chi connectivity index (χ2n) is 4.73. The SMILES string of the molecule is OCC1C2C=CC(C2)C1c1ccccc1. The van der Waals surface area contributed by atoms with Crippen molar-refractivity contribution in [3.8, 4) is 0 Å². The molecule has 0 saturated heterocycles. The molecule has 0 aliphatic heterocycles. The zero-order valence-electron chi connectivity index (χ0n) is 8.71. The molecule has 1 aromatic carbocycles. The van der Waals surface area contributed by atoms with Crippen LogP contribution in [0.5, 0.6) is 0 Å². The molecule has 0 aromatic heterocycles. The number of allylic oxidation sites excluding steroid dienone is 2. The Kier molecular flexibility index (Phi) is 2.14. The van der Waals surface area contributed by atoms with E-state index < -0.39 is 0 Å². The molecule has 1 heteroatoms. The van der Waals surface area contributed by atoms with Crippen LogP contribution in [0.3, 0.4) is 0 Å². The Morgan fingerprint density at radius 3 is 2.53 bits per heavy atom. The maximum absolute atomic E-state index is 9.49. The fourth-order valence-electron chi connectivity index (χ4n) is 3.34. The van der Waals surface area contributed by atoms with Crippen LogP contribution in [0.25, 0.3) is 0 Å². The van der Waals surface area contributed by atoms with Gasteiger partial charge in [0, 0.05) is 6.61 Å². The number of fused-ring (bicyclic) bond motifs is 2. The van der Waals surface area contributed by atoms with Crippen molar-refractivity contribution in [1.29, 1.82) is 0 Å². The Balaban J connectivity index is 1.96. The summed E-state index contributed by atoms with van der Waals surface area (Å²) in [6.07, 6.45) is 5.88. The number of aliphatic hydroxyl groups excluding tert-OH is 1. The first-order valence-electron chi connectivity index (χ1n) is 5.74. The largest absolute Gasteiger partial charge is 0.396 e. The molecule has 0 radical (unpaired) electrons. The third-order valence-electron chi connectivity index (χ3n) is 4.02. The van der Waals surface area contributed by atoms with E-state index in [2.05, 4.69) is 42.5 Å². The Morgan fingerprint density at radius 1 is 1.07 bits per heavy atom. The number of aliphatic hydroxyl groups is 1. The van der Waals surface area contributed by atoms with Crippen LogP contribution < -0.4 is 0 Å². The van der Waals surface area contributed by atoms with Gasteiger partial charge in [0.05, 0.1) is 0 Å². The van der Waals surface area contributed by atoms with Gasteiger partial charge in [0.15, 0.2) is 0 Å². The topological polar surface area (TPSA) is 20.2 Å². The summed E-state index contributed by atoms with van der Waals surface area (Å²) in [5.74, 6) is 2.27. The predicted octanol–water partition coefficient (Wildman–Crippen LogP) is 2.58. The van der Waals surface area contributed by atoms with Crippen LogP contribution in [-0.4, -0.2) is 11.7 Å². The summed E-state index contributed by atoms with van der Waals surface area (Å²) in [5, 5.41) is 9.49. The molecule has 0 heterocycles. The molecule has 2 aliphatic carbocycles. The summed E-state index contributed by atoms with van der Waals surface area (Å²) in [6, 6.07) is 10.6. The van der Waals surface area contributed by atoms with Gasteiger partial charge in [-0.15, -0.1) is 0 Å². The first kappa shape index (κ1) is 9.17. The van der Waals surface area contributed by atoms with Crippen molar-refractivity contribution >= 4 is 0 Å². The first-order chi connectivity index (χ1) is 7.40. The lowest BCUT2D eigenvalue weighted by Crippen LogP contribution is -2.21. The van der Waals surface area contributed by atoms with E-state index >= 15 is 0 Å². The van der Waals surface area contributed by atoms with Crippen LogP contribution in [-0.2, 0) is 0 Å². The molecule has 1 saturated carbocycles. The Hall–Kier alpha value is -1.08. The quantitative estimate of drug-likeness (QED) is 0.727. The zero-order chi connectivity index (χ0) is 10.3. The molecule has 1 aromatic rings. The molecule has 3 rings (SSSR count). The Bertz CT molecular complexity index is 368. The van der Waals surface area contributed by atoms with Crippen molar-refractivity contribution in [1.82, 2.24) is 0 Å². The van der Waals surface area contributed by atoms with Crippen LogP contribution in [0.15, 0.2) is 42.5 Å². The van der Waals surface area contributed by atoms with Gasteiger partial charge >= 0.3 is 0 Å². The highest BCUT2D eigenvalue weighted by Crippen LogP contribution is 2.52. The van der Waals surface area contributed by atoms with Crippen molar-refractivity contribution in [2.75, 3.05) is 6.61 Å². The van der Waals surface area contributed by atoms with Gasteiger partial charge < -0.3 is 5.11 Å². The van der Waals surface area contributed by atoms with Gasteiger partial charge in [-0.3, -0.25) is 0 Å². The van der Waals surface area contributed by atoms with E-state index in [9.17, 15) is 5.11 Å². The highest BCUT2D eigenvalue weighted by atomic mass is 16.3. The van der Waals surface area contributed by atoms with Crippen molar-refractivity contribution in [2.24, 2.45) is 17.8 Å². The third-order valence-corrected chi connectivity index (χ3v) is 4.02. The Labute approximate surface area is 90.4 Å². The fraction of sp³-hybridized carbons (Fsp3) is 0.429. The van der Waals surface area contributed by atoms with Crippen LogP contribution in [0.4, 0.5) is 0 Å². The lowest BCUT2D eigenvalue weighted by molar-refractivity contribution is 0.191. The number of hydrogen-bond acceptors (Lipinski definition) is 1. The second kappa shape index (κ2) is 3.49. The minimum absolute atomic E-state index is 0.324. The molecule has 4 atom stereocenters. The van der Waals surface area contributed by atoms with Crippen molar-refractivity contribution in [3.05, 3.63) is 48.0 Å². The van der Waals surface area contributed by atoms with Crippen LogP contribution in [0.1, 0.15) is 17.9 Å². The molecule has 1 N–H and O–H groups in total. The molecule has 4 unspecified atom stereocenters. The van der Waals surface area contributed by atoms with Gasteiger partial charge in [0.25, 0.3) is 0 Å². The summed E-state index contributed by atoms with van der Waals surface area (Å²) in [6.45, 7) is 0.324. The van der Waals surface area contributed by atoms with E-state index in [1.165, 1.54) is 12.0 Å². The van der Waals surface area contributed by atoms with E-state index in [1.807, 2.05) is 0 Å². The maximum atomic E-state index is 9.49. The van der Waals surface area contributed by atoms with E-state index in [1.54, 1.807) is 0 Å². The van der Waals surface area contributed by atoms with Gasteiger partial charge in [-0.1, -0.05) is 42.5 Å². The summed E-state index contributed by atoms with van der Waals surface area (Å²) < 4.78 is 0. The van der Waals surface area contributed by atoms with Gasteiger partial charge in [0.1, 0.15) is 0 Å². The standard InChI is InChI=1S/C14H16O/c15-9-13-11-6-7-12(8-11)14(13)10-4-2-1-3-5-10/h1-7,11-15H,8-9H2. The van der Waals surface area contributed by atoms with Crippen molar-refractivity contribution in [3.63, 3.8) is 0 Å². The lowest BCUT2D eigenvalue weighted by atomic mass is 9.79. The van der Waals surface area contributed by atoms with E-state index in [4.69, 9.17) is 0 Å². The molecule has 15 heavy (non-hydrogen) atoms. The van der Waals surface area contributed by atoms with Crippen LogP contribution in [0, 0.1) is 17.8 Å². The minimum Gasteiger partial charge on any atom is -0.396 e. The van der Waals surface area contributed by atoms with Crippen LogP contribution in [0.2, 0.25) is 0 Å². The number of hydrogen-bond donors (Lipinski definition) is 1. The van der Waals surface area contributed by atoms with Gasteiger partial charge in [-0.2, -0.15) is 0 Å². The van der Waals surface area contributed by atoms with E-state index in [0.717, 1.165) is 0 Å². The molecule has 1 nitrogen and oxygen atoms in total. The molecule has 1 fully saturated rings. The smallest absolute Gasteiger partial charge is 0.0470 e. The molecule has 0 spiro atoms. The van der Waals surface area contributed by atoms with E-state index in [0.29, 0.717) is 30.3 Å². The summed E-state index contributed by atoms with van der Waals surface area (Å²) in [4.78, 5) is 0. The van der Waals surface area contributed by atoms with Gasteiger partial charge in [-0.05, 0) is 35.7 Å². The summed E-state index contributed by atoms with van der Waals surface area (Å²) in [5.41, 5.74) is 1.40. The predicted molar refractivity (Wildman–Crippen MR) is 60.5 cm³/mol. The molecular weight excluding hydrogens is 184 g/mol. The average Bonchev–Trinajstić information content (AvgIpc) is 2.89. The second-order valence-corrected chi connectivity index (χ2v) is 4.73. The highest BCUT2D eigenvalue weighted by Gasteiger charge is 2.44. The van der Waals surface area contributed by atoms with E-state index in [-0.39, 0.29) is 0 Å². The fourth-order valence-corrected chi connectivity index (χ4v) is 3.34. The summed E-state index contributed by atoms with van der Waals surface area (Å²) in [7, 11) is 0. The van der Waals surface area contributed by atoms with Gasteiger partial charge in [-0.25, -0.2) is 0 Å². The average molecular weight is 200 g/mol. The zero-order valence-corrected chi connectivity index (χ0v) is 8.71. The monoisotopic (exact) mass is 200 g/mol. The molecular formula is C14H16O. The van der Waals surface area contributed by atoms with Gasteiger partial charge in [0.2, 0.25) is 0 Å². The summed E-state index contributed by atoms with van der Waals surface area (Å²) >= 11 is 0.